The Hall–Kier alpha value is -2.15. The van der Waals surface area contributed by atoms with E-state index in [1.807, 2.05) is 12.1 Å². The van der Waals surface area contributed by atoms with E-state index in [1.54, 1.807) is 36.4 Å². The van der Waals surface area contributed by atoms with Gasteiger partial charge in [-0.3, -0.25) is 9.59 Å². The highest BCUT2D eigenvalue weighted by molar-refractivity contribution is 9.10. The van der Waals surface area contributed by atoms with Crippen LogP contribution < -0.4 is 0 Å². The van der Waals surface area contributed by atoms with Crippen molar-refractivity contribution in [2.75, 3.05) is 13.2 Å². The number of likely N-dealkylation sites (tertiary alicyclic amines) is 1. The summed E-state index contributed by atoms with van der Waals surface area (Å²) in [6.07, 6.45) is 0.334. The highest BCUT2D eigenvalue weighted by Crippen LogP contribution is 2.39. The van der Waals surface area contributed by atoms with Gasteiger partial charge in [-0.15, -0.1) is 0 Å². The van der Waals surface area contributed by atoms with Gasteiger partial charge in [-0.05, 0) is 48.4 Å². The van der Waals surface area contributed by atoms with Gasteiger partial charge in [0, 0.05) is 28.2 Å². The fourth-order valence-electron chi connectivity index (χ4n) is 3.11. The molecule has 7 heteroatoms. The van der Waals surface area contributed by atoms with Crippen molar-refractivity contribution in [1.29, 1.82) is 0 Å². The minimum atomic E-state index is -0.742. The fraction of sp³-hybridized carbons (Fsp3) is 0.200. The average Bonchev–Trinajstić information content (AvgIpc) is 2.91. The first-order valence-electron chi connectivity index (χ1n) is 8.34. The maximum atomic E-state index is 12.7. The zero-order valence-electron chi connectivity index (χ0n) is 14.2. The van der Waals surface area contributed by atoms with Crippen LogP contribution in [0.15, 0.2) is 58.6 Å². The van der Waals surface area contributed by atoms with Crippen LogP contribution in [0.2, 0.25) is 5.02 Å². The number of benzene rings is 2. The summed E-state index contributed by atoms with van der Waals surface area (Å²) in [5, 5.41) is 20.5. The maximum absolute atomic E-state index is 12.7. The van der Waals surface area contributed by atoms with Crippen LogP contribution in [0.1, 0.15) is 23.6 Å². The Morgan fingerprint density at radius 1 is 1.07 bits per heavy atom. The first kappa shape index (κ1) is 19.6. The number of Topliss-reactive ketones (excluding diaryl/α,β-unsaturated/α-hetero) is 1. The van der Waals surface area contributed by atoms with Gasteiger partial charge in [0.15, 0.2) is 0 Å². The molecule has 2 N–H and O–H groups in total. The van der Waals surface area contributed by atoms with Crippen LogP contribution in [-0.4, -0.2) is 40.0 Å². The second kappa shape index (κ2) is 8.25. The van der Waals surface area contributed by atoms with Crippen LogP contribution in [0.25, 0.3) is 5.76 Å². The van der Waals surface area contributed by atoms with Gasteiger partial charge in [-0.1, -0.05) is 39.7 Å². The minimum Gasteiger partial charge on any atom is -0.507 e. The Balaban J connectivity index is 2.14. The van der Waals surface area contributed by atoms with Gasteiger partial charge in [-0.2, -0.15) is 0 Å². The third-order valence-electron chi connectivity index (χ3n) is 4.40. The predicted molar refractivity (Wildman–Crippen MR) is 106 cm³/mol. The average molecular weight is 451 g/mol. The fourth-order valence-corrected chi connectivity index (χ4v) is 3.50. The topological polar surface area (TPSA) is 77.8 Å². The molecular weight excluding hydrogens is 434 g/mol. The zero-order chi connectivity index (χ0) is 19.6. The van der Waals surface area contributed by atoms with Crippen molar-refractivity contribution in [3.05, 3.63) is 74.7 Å². The monoisotopic (exact) mass is 449 g/mol. The van der Waals surface area contributed by atoms with E-state index in [-0.39, 0.29) is 24.5 Å². The van der Waals surface area contributed by atoms with Gasteiger partial charge in [-0.25, -0.2) is 0 Å². The smallest absolute Gasteiger partial charge is 0.295 e. The number of carbonyl (C=O) groups is 2. The number of amides is 1. The van der Waals surface area contributed by atoms with E-state index in [2.05, 4.69) is 15.9 Å². The Bertz CT molecular complexity index is 893. The molecule has 1 amide bonds. The van der Waals surface area contributed by atoms with Gasteiger partial charge in [0.05, 0.1) is 11.6 Å². The molecule has 140 valence electrons. The van der Waals surface area contributed by atoms with Gasteiger partial charge in [0.2, 0.25) is 0 Å². The molecule has 1 fully saturated rings. The van der Waals surface area contributed by atoms with Crippen molar-refractivity contribution in [3.63, 3.8) is 0 Å². The van der Waals surface area contributed by atoms with Crippen molar-refractivity contribution in [1.82, 2.24) is 4.90 Å². The molecule has 0 aliphatic carbocycles. The summed E-state index contributed by atoms with van der Waals surface area (Å²) in [7, 11) is 0. The van der Waals surface area contributed by atoms with E-state index in [4.69, 9.17) is 16.7 Å². The molecule has 27 heavy (non-hydrogen) atoms. The summed E-state index contributed by atoms with van der Waals surface area (Å²) >= 11 is 9.26. The lowest BCUT2D eigenvalue weighted by Gasteiger charge is -2.25. The molecule has 5 nitrogen and oxygen atoms in total. The van der Waals surface area contributed by atoms with Gasteiger partial charge < -0.3 is 15.1 Å². The quantitative estimate of drug-likeness (QED) is 0.411. The van der Waals surface area contributed by atoms with Crippen LogP contribution in [-0.2, 0) is 9.59 Å². The standard InChI is InChI=1S/C20H17BrClNO4/c21-14-6-2-12(3-7-14)17-16(18(25)13-4-8-15(22)9-5-13)19(26)20(27)23(17)10-1-11-24/h2-9,17,24-25H,1,10-11H2/b18-16+/t17-/m0/s1. The summed E-state index contributed by atoms with van der Waals surface area (Å²) in [6.45, 7) is 0.104. The van der Waals surface area contributed by atoms with Crippen molar-refractivity contribution in [3.8, 4) is 0 Å². The lowest BCUT2D eigenvalue weighted by Crippen LogP contribution is -2.31. The van der Waals surface area contributed by atoms with Crippen LogP contribution >= 0.6 is 27.5 Å². The highest BCUT2D eigenvalue weighted by atomic mass is 79.9. The lowest BCUT2D eigenvalue weighted by atomic mass is 9.95. The summed E-state index contributed by atoms with van der Waals surface area (Å²) in [4.78, 5) is 26.7. The van der Waals surface area contributed by atoms with Gasteiger partial charge in [0.25, 0.3) is 11.7 Å². The molecule has 1 atom stereocenters. The summed E-state index contributed by atoms with van der Waals surface area (Å²) in [6, 6.07) is 12.9. The highest BCUT2D eigenvalue weighted by Gasteiger charge is 2.45. The van der Waals surface area contributed by atoms with Crippen molar-refractivity contribution in [2.45, 2.75) is 12.5 Å². The van der Waals surface area contributed by atoms with Crippen LogP contribution in [0, 0.1) is 0 Å². The van der Waals surface area contributed by atoms with Gasteiger partial charge >= 0.3 is 0 Å². The van der Waals surface area contributed by atoms with Gasteiger partial charge in [0.1, 0.15) is 5.76 Å². The first-order chi connectivity index (χ1) is 12.9. The summed E-state index contributed by atoms with van der Waals surface area (Å²) < 4.78 is 0.858. The Kier molecular flexibility index (Phi) is 5.99. The minimum absolute atomic E-state index is 0.0302. The number of nitrogens with zero attached hydrogens (tertiary/aromatic N) is 1. The number of aliphatic hydroxyl groups is 2. The molecule has 1 aliphatic rings. The van der Waals surface area contributed by atoms with Crippen molar-refractivity contribution < 1.29 is 19.8 Å². The number of rotatable bonds is 5. The van der Waals surface area contributed by atoms with E-state index in [0.29, 0.717) is 22.6 Å². The van der Waals surface area contributed by atoms with E-state index < -0.39 is 17.7 Å². The molecule has 0 radical (unpaired) electrons. The molecule has 3 rings (SSSR count). The molecule has 2 aromatic carbocycles. The third kappa shape index (κ3) is 3.93. The Morgan fingerprint density at radius 3 is 2.30 bits per heavy atom. The number of ketones is 1. The molecule has 0 unspecified atom stereocenters. The maximum Gasteiger partial charge on any atom is 0.295 e. The summed E-state index contributed by atoms with van der Waals surface area (Å²) in [5.74, 6) is -1.68. The van der Waals surface area contributed by atoms with E-state index in [0.717, 1.165) is 4.47 Å². The number of carbonyl (C=O) groups excluding carboxylic acids is 2. The number of aliphatic hydroxyl groups excluding tert-OH is 2. The van der Waals surface area contributed by atoms with Crippen molar-refractivity contribution >= 4 is 45.0 Å². The van der Waals surface area contributed by atoms with Crippen LogP contribution in [0.5, 0.6) is 0 Å². The zero-order valence-corrected chi connectivity index (χ0v) is 16.6. The molecule has 0 aromatic heterocycles. The molecule has 1 saturated heterocycles. The van der Waals surface area contributed by atoms with Crippen LogP contribution in [0.3, 0.4) is 0 Å². The molecule has 1 aliphatic heterocycles. The third-order valence-corrected chi connectivity index (χ3v) is 5.18. The summed E-state index contributed by atoms with van der Waals surface area (Å²) in [5.41, 5.74) is 1.13. The first-order valence-corrected chi connectivity index (χ1v) is 9.52. The lowest BCUT2D eigenvalue weighted by molar-refractivity contribution is -0.140. The van der Waals surface area contributed by atoms with Crippen molar-refractivity contribution in [2.24, 2.45) is 0 Å². The number of hydrogen-bond donors (Lipinski definition) is 2. The second-order valence-corrected chi connectivity index (χ2v) is 7.48. The number of hydrogen-bond acceptors (Lipinski definition) is 4. The van der Waals surface area contributed by atoms with E-state index in [9.17, 15) is 14.7 Å². The second-order valence-electron chi connectivity index (χ2n) is 6.13. The van der Waals surface area contributed by atoms with E-state index >= 15 is 0 Å². The largest absolute Gasteiger partial charge is 0.507 e. The SMILES string of the molecule is O=C1C(=O)N(CCCO)[C@@H](c2ccc(Br)cc2)/C1=C(\O)c1ccc(Cl)cc1. The van der Waals surface area contributed by atoms with E-state index in [1.165, 1.54) is 4.90 Å². The molecule has 0 bridgehead atoms. The predicted octanol–water partition coefficient (Wildman–Crippen LogP) is 3.91. The molecule has 0 saturated carbocycles. The number of halogens is 2. The molecular formula is C20H17BrClNO4. The Labute approximate surface area is 170 Å². The Morgan fingerprint density at radius 2 is 1.70 bits per heavy atom. The molecule has 0 spiro atoms. The molecule has 2 aromatic rings. The normalized spacial score (nSPS) is 18.9. The van der Waals surface area contributed by atoms with Crippen LogP contribution in [0.4, 0.5) is 0 Å². The molecule has 1 heterocycles.